The number of hydrogen-bond donors (Lipinski definition) is 0. The Labute approximate surface area is 529 Å². The molecule has 10 aromatic rings. The maximum absolute atomic E-state index is 6.60. The van der Waals surface area contributed by atoms with E-state index in [4.69, 9.17) is 4.42 Å². The summed E-state index contributed by atoms with van der Waals surface area (Å²) in [5, 5.41) is 3.55. The molecule has 6 heteroatoms. The summed E-state index contributed by atoms with van der Waals surface area (Å²) in [6, 6.07) is 58.2. The molecule has 3 aliphatic carbocycles. The van der Waals surface area contributed by atoms with E-state index in [2.05, 4.69) is 285 Å². The molecule has 0 saturated heterocycles. The Morgan fingerprint density at radius 1 is 0.409 bits per heavy atom. The van der Waals surface area contributed by atoms with Crippen molar-refractivity contribution in [3.63, 3.8) is 0 Å². The topological polar surface area (TPSA) is 22.9 Å². The third-order valence-electron chi connectivity index (χ3n) is 22.5. The molecule has 2 aromatic heterocycles. The molecular formula is C82H90BN3OS. The van der Waals surface area contributed by atoms with Crippen molar-refractivity contribution in [3.05, 3.63) is 190 Å². The van der Waals surface area contributed by atoms with Crippen molar-refractivity contribution in [2.45, 2.75) is 206 Å². The Hall–Kier alpha value is -7.02. The molecule has 15 rings (SSSR count). The van der Waals surface area contributed by atoms with Gasteiger partial charge in [-0.25, -0.2) is 0 Å². The molecule has 0 fully saturated rings. The first kappa shape index (κ1) is 57.4. The number of fused-ring (bicyclic) bond motifs is 12. The summed E-state index contributed by atoms with van der Waals surface area (Å²) in [5.74, 6) is 0. The number of benzene rings is 8. The third-order valence-corrected chi connectivity index (χ3v) is 23.7. The highest BCUT2D eigenvalue weighted by atomic mass is 32.1. The number of thiophene rings is 1. The van der Waals surface area contributed by atoms with Gasteiger partial charge in [0.2, 0.25) is 0 Å². The van der Waals surface area contributed by atoms with Gasteiger partial charge in [-0.3, -0.25) is 0 Å². The van der Waals surface area contributed by atoms with Gasteiger partial charge < -0.3 is 19.1 Å². The average Bonchev–Trinajstić information content (AvgIpc) is 1.15. The second-order valence-corrected chi connectivity index (χ2v) is 34.5. The molecular weight excluding hydrogens is 1090 g/mol. The molecule has 0 unspecified atom stereocenters. The van der Waals surface area contributed by atoms with Crippen LogP contribution in [0.1, 0.15) is 208 Å². The zero-order valence-electron chi connectivity index (χ0n) is 55.8. The summed E-state index contributed by atoms with van der Waals surface area (Å²) >= 11 is 2.04. The average molecular weight is 1180 g/mol. The van der Waals surface area contributed by atoms with E-state index in [-0.39, 0.29) is 50.0 Å². The van der Waals surface area contributed by atoms with Crippen molar-refractivity contribution in [3.8, 4) is 0 Å². The molecule has 0 bridgehead atoms. The van der Waals surface area contributed by atoms with Gasteiger partial charge in [-0.15, -0.1) is 11.3 Å². The predicted molar refractivity (Wildman–Crippen MR) is 381 cm³/mol. The number of para-hydroxylation sites is 1. The molecule has 0 spiro atoms. The van der Waals surface area contributed by atoms with Gasteiger partial charge in [0.15, 0.2) is 0 Å². The first-order chi connectivity index (χ1) is 41.3. The molecule has 0 radical (unpaired) electrons. The minimum absolute atomic E-state index is 0.000547. The largest absolute Gasteiger partial charge is 0.456 e. The Bertz CT molecular complexity index is 4560. The third kappa shape index (κ3) is 8.70. The van der Waals surface area contributed by atoms with Gasteiger partial charge in [0, 0.05) is 65.4 Å². The van der Waals surface area contributed by atoms with Crippen molar-refractivity contribution >= 4 is 117 Å². The summed E-state index contributed by atoms with van der Waals surface area (Å²) < 4.78 is 9.37. The molecule has 88 heavy (non-hydrogen) atoms. The molecule has 0 atom stereocenters. The predicted octanol–water partition coefficient (Wildman–Crippen LogP) is 22.0. The molecule has 448 valence electrons. The Morgan fingerprint density at radius 3 is 1.48 bits per heavy atom. The molecule has 2 aliphatic heterocycles. The van der Waals surface area contributed by atoms with Gasteiger partial charge in [0.1, 0.15) is 11.2 Å². The lowest BCUT2D eigenvalue weighted by molar-refractivity contribution is 0.332. The Kier molecular flexibility index (Phi) is 12.3. The molecule has 4 nitrogen and oxygen atoms in total. The van der Waals surface area contributed by atoms with E-state index in [0.29, 0.717) is 0 Å². The highest BCUT2D eigenvalue weighted by Gasteiger charge is 2.50. The van der Waals surface area contributed by atoms with E-state index in [1.54, 1.807) is 0 Å². The van der Waals surface area contributed by atoms with Crippen LogP contribution in [-0.2, 0) is 43.3 Å². The Morgan fingerprint density at radius 2 is 0.898 bits per heavy atom. The van der Waals surface area contributed by atoms with E-state index in [1.165, 1.54) is 117 Å². The number of furan rings is 1. The van der Waals surface area contributed by atoms with Crippen LogP contribution in [-0.4, -0.2) is 6.71 Å². The number of hydrogen-bond acceptors (Lipinski definition) is 5. The van der Waals surface area contributed by atoms with E-state index in [9.17, 15) is 0 Å². The van der Waals surface area contributed by atoms with Crippen LogP contribution in [0.4, 0.5) is 51.2 Å². The molecule has 8 aromatic carbocycles. The van der Waals surface area contributed by atoms with Crippen LogP contribution in [0.5, 0.6) is 0 Å². The molecule has 0 amide bonds. The van der Waals surface area contributed by atoms with Crippen LogP contribution >= 0.6 is 11.3 Å². The van der Waals surface area contributed by atoms with Crippen molar-refractivity contribution in [1.29, 1.82) is 0 Å². The highest BCUT2D eigenvalue weighted by molar-refractivity contribution is 7.33. The Balaban J connectivity index is 1.11. The van der Waals surface area contributed by atoms with Crippen LogP contribution in [0.2, 0.25) is 0 Å². The quantitative estimate of drug-likeness (QED) is 0.160. The fourth-order valence-electron chi connectivity index (χ4n) is 16.5. The normalized spacial score (nSPS) is 19.0. The lowest BCUT2D eigenvalue weighted by Crippen LogP contribution is -2.61. The summed E-state index contributed by atoms with van der Waals surface area (Å²) in [5.41, 5.74) is 27.0. The maximum Gasteiger partial charge on any atom is 0.264 e. The van der Waals surface area contributed by atoms with Crippen molar-refractivity contribution in [2.75, 3.05) is 14.7 Å². The van der Waals surface area contributed by atoms with Crippen LogP contribution < -0.4 is 30.4 Å². The van der Waals surface area contributed by atoms with Crippen molar-refractivity contribution in [2.24, 2.45) is 0 Å². The van der Waals surface area contributed by atoms with Crippen LogP contribution in [0.25, 0.3) is 32.0 Å². The molecule has 4 heterocycles. The van der Waals surface area contributed by atoms with Gasteiger partial charge >= 0.3 is 0 Å². The second kappa shape index (κ2) is 18.8. The van der Waals surface area contributed by atoms with Gasteiger partial charge in [0.05, 0.1) is 11.4 Å². The van der Waals surface area contributed by atoms with Crippen molar-refractivity contribution in [1.82, 2.24) is 0 Å². The lowest BCUT2D eigenvalue weighted by Gasteiger charge is -2.48. The van der Waals surface area contributed by atoms with Crippen molar-refractivity contribution < 1.29 is 4.42 Å². The van der Waals surface area contributed by atoms with E-state index >= 15 is 0 Å². The summed E-state index contributed by atoms with van der Waals surface area (Å²) in [4.78, 5) is 8.06. The minimum atomic E-state index is -0.0488. The van der Waals surface area contributed by atoms with Crippen LogP contribution in [0, 0.1) is 0 Å². The zero-order chi connectivity index (χ0) is 61.9. The lowest BCUT2D eigenvalue weighted by atomic mass is 9.35. The zero-order valence-corrected chi connectivity index (χ0v) is 56.7. The first-order valence-electron chi connectivity index (χ1n) is 33.0. The fraction of sp³-hybridized carbons (Fsp3) is 0.390. The van der Waals surface area contributed by atoms with Gasteiger partial charge in [-0.05, 0) is 222 Å². The SMILES string of the molecule is CC(C)(C)c1ccc(N(c2cc3c4c(c2)N(c2ccc5c(c2)C(C)(C)CCC5(C)C)c2c(sc5cc(C(C)(C)C)ccc25)B4c2cc4c(cc2N3c2ccc3c(c2)C(C)(C)CCC3(C)C)C(C)(C)CCC4(C)C)c2ccc3oc4ccccc4c3c2)cc1. The molecule has 5 aliphatic rings. The molecule has 0 N–H and O–H groups in total. The summed E-state index contributed by atoms with van der Waals surface area (Å²) in [7, 11) is 0. The van der Waals surface area contributed by atoms with E-state index < -0.39 is 0 Å². The van der Waals surface area contributed by atoms with Gasteiger partial charge in [-0.2, -0.15) is 0 Å². The number of rotatable bonds is 5. The number of anilines is 9. The highest BCUT2D eigenvalue weighted by Crippen LogP contribution is 2.57. The summed E-state index contributed by atoms with van der Waals surface area (Å²) in [6.07, 6.45) is 6.91. The maximum atomic E-state index is 6.60. The van der Waals surface area contributed by atoms with Crippen LogP contribution in [0.15, 0.2) is 150 Å². The smallest absolute Gasteiger partial charge is 0.264 e. The first-order valence-corrected chi connectivity index (χ1v) is 33.8. The van der Waals surface area contributed by atoms with Gasteiger partial charge in [-0.1, -0.05) is 185 Å². The van der Waals surface area contributed by atoms with E-state index in [1.807, 2.05) is 11.3 Å². The van der Waals surface area contributed by atoms with Crippen LogP contribution in [0.3, 0.4) is 0 Å². The van der Waals surface area contributed by atoms with E-state index in [0.717, 1.165) is 64.7 Å². The standard InChI is InChI=1S/C82H90BN3OS/c1-75(2,3)49-23-26-51(27-24-49)84(52-30-34-70-58(42-52)56-21-19-20-22-69(56)87-70)55-45-67-72-68(46-55)86(54-29-33-60-62(44-54)80(13,14)38-36-78(60,9)10)73-57-31-25-50(76(4,5)6)41-71(57)88-74(73)83(72)65-47-63-64(82(17,18)40-39-81(63,15)16)48-66(65)85(67)53-28-32-59-61(43-53)79(11,12)37-35-77(59,7)8/h19-34,41-48H,35-40H2,1-18H3. The van der Waals surface area contributed by atoms with Gasteiger partial charge in [0.25, 0.3) is 6.71 Å². The second-order valence-electron chi connectivity index (χ2n) is 33.4. The monoisotopic (exact) mass is 1180 g/mol. The fourth-order valence-corrected chi connectivity index (χ4v) is 17.9. The number of nitrogens with zero attached hydrogens (tertiary/aromatic N) is 3. The summed E-state index contributed by atoms with van der Waals surface area (Å²) in [6.45, 7) is 43.9. The molecule has 0 saturated carbocycles. The minimum Gasteiger partial charge on any atom is -0.456 e.